The van der Waals surface area contributed by atoms with Gasteiger partial charge in [-0.2, -0.15) is 13.2 Å². The van der Waals surface area contributed by atoms with E-state index in [1.165, 1.54) is 0 Å². The molecule has 2 rings (SSSR count). The van der Waals surface area contributed by atoms with Gasteiger partial charge in [0.15, 0.2) is 0 Å². The van der Waals surface area contributed by atoms with Gasteiger partial charge in [-0.3, -0.25) is 4.79 Å². The van der Waals surface area contributed by atoms with Crippen LogP contribution in [-0.2, 0) is 11.0 Å². The number of nitrogens with one attached hydrogen (secondary N) is 1. The van der Waals surface area contributed by atoms with E-state index in [-0.39, 0.29) is 23.0 Å². The molecule has 1 fully saturated rings. The Bertz CT molecular complexity index is 540. The van der Waals surface area contributed by atoms with Crippen molar-refractivity contribution in [3.63, 3.8) is 0 Å². The monoisotopic (exact) mass is 320 g/mol. The van der Waals surface area contributed by atoms with Gasteiger partial charge in [-0.25, -0.2) is 0 Å². The molecule has 0 unspecified atom stereocenters. The Kier molecular flexibility index (Phi) is 4.49. The first kappa shape index (κ1) is 16.1. The topological polar surface area (TPSA) is 55.1 Å². The number of nitrogens with two attached hydrogens (primary N) is 1. The number of rotatable bonds is 3. The first-order valence-corrected chi connectivity index (χ1v) is 7.03. The molecule has 1 amide bonds. The van der Waals surface area contributed by atoms with Crippen molar-refractivity contribution in [2.75, 3.05) is 5.32 Å². The summed E-state index contributed by atoms with van der Waals surface area (Å²) in [6, 6.07) is 2.83. The summed E-state index contributed by atoms with van der Waals surface area (Å²) in [6.45, 7) is 0. The molecule has 0 aromatic heterocycles. The Labute approximate surface area is 125 Å². The molecular weight excluding hydrogens is 305 g/mol. The molecule has 0 bridgehead atoms. The zero-order valence-corrected chi connectivity index (χ0v) is 12.0. The highest BCUT2D eigenvalue weighted by molar-refractivity contribution is 6.33. The molecule has 21 heavy (non-hydrogen) atoms. The molecule has 0 heterocycles. The predicted molar refractivity (Wildman–Crippen MR) is 75.1 cm³/mol. The van der Waals surface area contributed by atoms with Crippen molar-refractivity contribution in [1.82, 2.24) is 0 Å². The largest absolute Gasteiger partial charge is 0.416 e. The maximum atomic E-state index is 12.5. The lowest BCUT2D eigenvalue weighted by atomic mass is 9.94. The normalized spacial score (nSPS) is 17.8. The average Bonchev–Trinajstić information content (AvgIpc) is 2.76. The first-order chi connectivity index (χ1) is 9.70. The lowest BCUT2D eigenvalue weighted by Crippen LogP contribution is -2.40. The van der Waals surface area contributed by atoms with Crippen LogP contribution in [0.2, 0.25) is 5.02 Å². The Morgan fingerprint density at radius 2 is 1.95 bits per heavy atom. The van der Waals surface area contributed by atoms with Crippen LogP contribution in [0.1, 0.15) is 37.7 Å². The second kappa shape index (κ2) is 5.85. The number of amides is 1. The van der Waals surface area contributed by atoms with E-state index in [0.717, 1.165) is 43.9 Å². The molecule has 1 aromatic carbocycles. The molecule has 1 saturated carbocycles. The van der Waals surface area contributed by atoms with Crippen molar-refractivity contribution >= 4 is 23.2 Å². The maximum absolute atomic E-state index is 12.5. The molecule has 116 valence electrons. The van der Waals surface area contributed by atoms with Crippen LogP contribution in [0.3, 0.4) is 0 Å². The number of carbonyl (C=O) groups excluding carboxylic acids is 1. The SMILES string of the molecule is NC1(CC(=O)Nc2ccc(C(F)(F)F)cc2Cl)CCCC1. The quantitative estimate of drug-likeness (QED) is 0.885. The van der Waals surface area contributed by atoms with Gasteiger partial charge in [0.05, 0.1) is 16.3 Å². The predicted octanol–water partition coefficient (Wildman–Crippen LogP) is 3.96. The minimum atomic E-state index is -4.46. The molecule has 7 heteroatoms. The molecular formula is C14H16ClF3N2O. The van der Waals surface area contributed by atoms with E-state index in [2.05, 4.69) is 5.32 Å². The average molecular weight is 321 g/mol. The molecule has 3 nitrogen and oxygen atoms in total. The number of halogens is 4. The van der Waals surface area contributed by atoms with Gasteiger partial charge < -0.3 is 11.1 Å². The van der Waals surface area contributed by atoms with Gasteiger partial charge in [0.2, 0.25) is 5.91 Å². The molecule has 3 N–H and O–H groups in total. The molecule has 0 atom stereocenters. The summed E-state index contributed by atoms with van der Waals surface area (Å²) in [6.07, 6.45) is -0.778. The number of benzene rings is 1. The zero-order valence-electron chi connectivity index (χ0n) is 11.3. The summed E-state index contributed by atoms with van der Waals surface area (Å²) in [5.41, 5.74) is 4.89. The first-order valence-electron chi connectivity index (χ1n) is 6.65. The van der Waals surface area contributed by atoms with E-state index in [1.54, 1.807) is 0 Å². The highest BCUT2D eigenvalue weighted by Gasteiger charge is 2.33. The Morgan fingerprint density at radius 1 is 1.33 bits per heavy atom. The van der Waals surface area contributed by atoms with Crippen LogP contribution in [0, 0.1) is 0 Å². The summed E-state index contributed by atoms with van der Waals surface area (Å²) in [5, 5.41) is 2.38. The summed E-state index contributed by atoms with van der Waals surface area (Å²) in [5.74, 6) is -0.332. The van der Waals surface area contributed by atoms with Gasteiger partial charge in [0, 0.05) is 12.0 Å². The fraction of sp³-hybridized carbons (Fsp3) is 0.500. The molecule has 0 aliphatic heterocycles. The minimum Gasteiger partial charge on any atom is -0.325 e. The Balaban J connectivity index is 2.04. The maximum Gasteiger partial charge on any atom is 0.416 e. The molecule has 0 radical (unpaired) electrons. The highest BCUT2D eigenvalue weighted by atomic mass is 35.5. The van der Waals surface area contributed by atoms with Gasteiger partial charge in [0.25, 0.3) is 0 Å². The van der Waals surface area contributed by atoms with Crippen molar-refractivity contribution in [3.8, 4) is 0 Å². The third kappa shape index (κ3) is 4.11. The third-order valence-corrected chi connectivity index (χ3v) is 4.00. The second-order valence-corrected chi connectivity index (χ2v) is 5.89. The van der Waals surface area contributed by atoms with Crippen molar-refractivity contribution in [2.45, 2.75) is 43.8 Å². The number of anilines is 1. The van der Waals surface area contributed by atoms with Gasteiger partial charge in [0.1, 0.15) is 0 Å². The van der Waals surface area contributed by atoms with E-state index in [4.69, 9.17) is 17.3 Å². The summed E-state index contributed by atoms with van der Waals surface area (Å²) in [4.78, 5) is 11.9. The lowest BCUT2D eigenvalue weighted by Gasteiger charge is -2.22. The van der Waals surface area contributed by atoms with Gasteiger partial charge in [-0.05, 0) is 31.0 Å². The third-order valence-electron chi connectivity index (χ3n) is 3.68. The van der Waals surface area contributed by atoms with Gasteiger partial charge >= 0.3 is 6.18 Å². The van der Waals surface area contributed by atoms with Crippen LogP contribution in [0.4, 0.5) is 18.9 Å². The van der Waals surface area contributed by atoms with E-state index >= 15 is 0 Å². The van der Waals surface area contributed by atoms with Crippen LogP contribution in [0.5, 0.6) is 0 Å². The molecule has 0 saturated heterocycles. The Hall–Kier alpha value is -1.27. The summed E-state index contributed by atoms with van der Waals surface area (Å²) >= 11 is 5.78. The van der Waals surface area contributed by atoms with E-state index in [9.17, 15) is 18.0 Å². The van der Waals surface area contributed by atoms with Crippen LogP contribution in [-0.4, -0.2) is 11.4 Å². The molecule has 1 aliphatic rings. The van der Waals surface area contributed by atoms with Crippen LogP contribution in [0.15, 0.2) is 18.2 Å². The van der Waals surface area contributed by atoms with E-state index < -0.39 is 17.3 Å². The van der Waals surface area contributed by atoms with Crippen LogP contribution >= 0.6 is 11.6 Å². The van der Waals surface area contributed by atoms with Gasteiger partial charge in [-0.1, -0.05) is 24.4 Å². The number of alkyl halides is 3. The number of hydrogen-bond acceptors (Lipinski definition) is 2. The zero-order chi connectivity index (χ0) is 15.7. The van der Waals surface area contributed by atoms with Crippen LogP contribution in [0.25, 0.3) is 0 Å². The fourth-order valence-electron chi connectivity index (χ4n) is 2.56. The lowest BCUT2D eigenvalue weighted by molar-refractivity contribution is -0.137. The fourth-order valence-corrected chi connectivity index (χ4v) is 2.79. The highest BCUT2D eigenvalue weighted by Crippen LogP contribution is 2.34. The molecule has 0 spiro atoms. The van der Waals surface area contributed by atoms with Crippen molar-refractivity contribution in [1.29, 1.82) is 0 Å². The van der Waals surface area contributed by atoms with E-state index in [0.29, 0.717) is 0 Å². The van der Waals surface area contributed by atoms with Gasteiger partial charge in [-0.15, -0.1) is 0 Å². The number of carbonyl (C=O) groups is 1. The van der Waals surface area contributed by atoms with E-state index in [1.807, 2.05) is 0 Å². The summed E-state index contributed by atoms with van der Waals surface area (Å²) < 4.78 is 37.6. The van der Waals surface area contributed by atoms with Crippen molar-refractivity contribution in [3.05, 3.63) is 28.8 Å². The minimum absolute atomic E-state index is 0.143. The summed E-state index contributed by atoms with van der Waals surface area (Å²) in [7, 11) is 0. The van der Waals surface area contributed by atoms with Crippen molar-refractivity contribution in [2.24, 2.45) is 5.73 Å². The van der Waals surface area contributed by atoms with Crippen LogP contribution < -0.4 is 11.1 Å². The molecule has 1 aliphatic carbocycles. The molecule has 1 aromatic rings. The van der Waals surface area contributed by atoms with Crippen molar-refractivity contribution < 1.29 is 18.0 Å². The standard InChI is InChI=1S/C14H16ClF3N2O/c15-10-7-9(14(16,17)18)3-4-11(10)20-12(21)8-13(19)5-1-2-6-13/h3-4,7H,1-2,5-6,8,19H2,(H,20,21). The second-order valence-electron chi connectivity index (χ2n) is 5.49. The Morgan fingerprint density at radius 3 is 2.48 bits per heavy atom. The number of hydrogen-bond donors (Lipinski definition) is 2. The smallest absolute Gasteiger partial charge is 0.325 e.